The van der Waals surface area contributed by atoms with Crippen LogP contribution in [0.15, 0.2) is 18.2 Å². The Labute approximate surface area is 109 Å². The molecule has 1 atom stereocenters. The Bertz CT molecular complexity index is 376. The molecule has 0 saturated heterocycles. The zero-order valence-corrected chi connectivity index (χ0v) is 11.0. The molecular formula is C15H22O3. The first-order valence-electron chi connectivity index (χ1n) is 6.82. The van der Waals surface area contributed by atoms with Gasteiger partial charge in [-0.05, 0) is 48.9 Å². The minimum atomic E-state index is -0.325. The lowest BCUT2D eigenvalue weighted by atomic mass is 9.89. The van der Waals surface area contributed by atoms with E-state index >= 15 is 0 Å². The van der Waals surface area contributed by atoms with Crippen LogP contribution >= 0.6 is 0 Å². The molecule has 3 nitrogen and oxygen atoms in total. The largest absolute Gasteiger partial charge is 0.491 e. The number of hydrogen-bond donors (Lipinski definition) is 1. The molecule has 1 aliphatic rings. The molecule has 0 aromatic heterocycles. The van der Waals surface area contributed by atoms with Crippen LogP contribution in [0.1, 0.15) is 43.4 Å². The van der Waals surface area contributed by atoms with Gasteiger partial charge in [-0.15, -0.1) is 0 Å². The normalized spacial score (nSPS) is 18.4. The average Bonchev–Trinajstić information content (AvgIpc) is 2.39. The second-order valence-corrected chi connectivity index (χ2v) is 4.73. The van der Waals surface area contributed by atoms with Crippen LogP contribution in [0.3, 0.4) is 0 Å². The van der Waals surface area contributed by atoms with E-state index in [4.69, 9.17) is 9.47 Å². The van der Waals surface area contributed by atoms with Crippen LogP contribution in [0.2, 0.25) is 0 Å². The number of benzene rings is 1. The molecule has 2 rings (SSSR count). The number of ether oxygens (including phenoxy) is 2. The maximum Gasteiger partial charge on any atom is 0.119 e. The highest BCUT2D eigenvalue weighted by Gasteiger charge is 2.18. The molecule has 100 valence electrons. The Morgan fingerprint density at radius 2 is 2.17 bits per heavy atom. The second kappa shape index (κ2) is 6.76. The van der Waals surface area contributed by atoms with E-state index in [-0.39, 0.29) is 6.10 Å². The fraction of sp³-hybridized carbons (Fsp3) is 0.600. The Morgan fingerprint density at radius 3 is 3.00 bits per heavy atom. The first-order chi connectivity index (χ1) is 8.81. The lowest BCUT2D eigenvalue weighted by Gasteiger charge is -2.22. The number of aliphatic hydroxyl groups is 1. The van der Waals surface area contributed by atoms with Gasteiger partial charge in [-0.3, -0.25) is 0 Å². The minimum absolute atomic E-state index is 0.325. The van der Waals surface area contributed by atoms with E-state index in [0.29, 0.717) is 13.2 Å². The summed E-state index contributed by atoms with van der Waals surface area (Å²) in [6, 6.07) is 6.02. The number of rotatable bonds is 6. The quantitative estimate of drug-likeness (QED) is 0.789. The standard InChI is InChI=1S/C15H22O3/c1-2-8-17-9-10-18-13-7-6-12-4-3-5-15(16)14(12)11-13/h6-7,11,15-16H,2-5,8-10H2,1H3/t15-/m0/s1. The van der Waals surface area contributed by atoms with E-state index in [1.807, 2.05) is 12.1 Å². The highest BCUT2D eigenvalue weighted by Crippen LogP contribution is 2.32. The molecule has 3 heteroatoms. The van der Waals surface area contributed by atoms with Crippen LogP contribution in [-0.4, -0.2) is 24.9 Å². The first kappa shape index (κ1) is 13.4. The van der Waals surface area contributed by atoms with E-state index in [9.17, 15) is 5.11 Å². The fourth-order valence-electron chi connectivity index (χ4n) is 2.31. The van der Waals surface area contributed by atoms with E-state index in [2.05, 4.69) is 13.0 Å². The summed E-state index contributed by atoms with van der Waals surface area (Å²) in [5.41, 5.74) is 2.29. The molecule has 0 fully saturated rings. The van der Waals surface area contributed by atoms with Crippen molar-refractivity contribution in [2.45, 2.75) is 38.7 Å². The van der Waals surface area contributed by atoms with Crippen molar-refractivity contribution >= 4 is 0 Å². The second-order valence-electron chi connectivity index (χ2n) is 4.73. The smallest absolute Gasteiger partial charge is 0.119 e. The van der Waals surface area contributed by atoms with Gasteiger partial charge in [0.2, 0.25) is 0 Å². The molecule has 0 saturated carbocycles. The van der Waals surface area contributed by atoms with Crippen molar-refractivity contribution in [1.29, 1.82) is 0 Å². The summed E-state index contributed by atoms with van der Waals surface area (Å²) in [5, 5.41) is 9.95. The molecule has 1 N–H and O–H groups in total. The van der Waals surface area contributed by atoms with Crippen LogP contribution in [0.4, 0.5) is 0 Å². The molecular weight excluding hydrogens is 228 g/mol. The van der Waals surface area contributed by atoms with Gasteiger partial charge in [0.15, 0.2) is 0 Å². The molecule has 0 aliphatic heterocycles. The van der Waals surface area contributed by atoms with E-state index < -0.39 is 0 Å². The van der Waals surface area contributed by atoms with Crippen molar-refractivity contribution in [3.05, 3.63) is 29.3 Å². The predicted molar refractivity (Wildman–Crippen MR) is 70.9 cm³/mol. The van der Waals surface area contributed by atoms with Gasteiger partial charge in [-0.25, -0.2) is 0 Å². The Morgan fingerprint density at radius 1 is 1.28 bits per heavy atom. The third-order valence-corrected chi connectivity index (χ3v) is 3.24. The highest BCUT2D eigenvalue weighted by atomic mass is 16.5. The molecule has 1 aromatic rings. The van der Waals surface area contributed by atoms with Crippen LogP contribution in [0.25, 0.3) is 0 Å². The van der Waals surface area contributed by atoms with Crippen molar-refractivity contribution in [1.82, 2.24) is 0 Å². The van der Waals surface area contributed by atoms with Crippen molar-refractivity contribution in [2.75, 3.05) is 19.8 Å². The SMILES string of the molecule is CCCOCCOc1ccc2c(c1)[C@@H](O)CCC2. The van der Waals surface area contributed by atoms with Crippen molar-refractivity contribution < 1.29 is 14.6 Å². The maximum absolute atomic E-state index is 9.95. The van der Waals surface area contributed by atoms with Gasteiger partial charge in [0.25, 0.3) is 0 Å². The summed E-state index contributed by atoms with van der Waals surface area (Å²) < 4.78 is 11.0. The summed E-state index contributed by atoms with van der Waals surface area (Å²) in [6.07, 6.45) is 3.70. The number of aryl methyl sites for hydroxylation is 1. The van der Waals surface area contributed by atoms with Crippen LogP contribution in [0, 0.1) is 0 Å². The Hall–Kier alpha value is -1.06. The van der Waals surface area contributed by atoms with Crippen molar-refractivity contribution in [3.63, 3.8) is 0 Å². The molecule has 1 aliphatic carbocycles. The van der Waals surface area contributed by atoms with Crippen molar-refractivity contribution in [3.8, 4) is 5.75 Å². The third-order valence-electron chi connectivity index (χ3n) is 3.24. The summed E-state index contributed by atoms with van der Waals surface area (Å²) in [7, 11) is 0. The molecule has 0 spiro atoms. The van der Waals surface area contributed by atoms with Crippen LogP contribution in [-0.2, 0) is 11.2 Å². The zero-order chi connectivity index (χ0) is 12.8. The fourth-order valence-corrected chi connectivity index (χ4v) is 2.31. The van der Waals surface area contributed by atoms with Gasteiger partial charge in [-0.2, -0.15) is 0 Å². The Balaban J connectivity index is 1.88. The predicted octanol–water partition coefficient (Wildman–Crippen LogP) is 2.86. The first-order valence-corrected chi connectivity index (χ1v) is 6.82. The summed E-state index contributed by atoms with van der Waals surface area (Å²) in [5.74, 6) is 0.829. The van der Waals surface area contributed by atoms with E-state index in [0.717, 1.165) is 43.6 Å². The monoisotopic (exact) mass is 250 g/mol. The topological polar surface area (TPSA) is 38.7 Å². The lowest BCUT2D eigenvalue weighted by molar-refractivity contribution is 0.100. The molecule has 0 amide bonds. The molecule has 0 bridgehead atoms. The molecule has 0 unspecified atom stereocenters. The zero-order valence-electron chi connectivity index (χ0n) is 11.0. The lowest BCUT2D eigenvalue weighted by Crippen LogP contribution is -2.11. The van der Waals surface area contributed by atoms with E-state index in [1.54, 1.807) is 0 Å². The molecule has 1 aromatic carbocycles. The van der Waals surface area contributed by atoms with Gasteiger partial charge in [0.05, 0.1) is 12.7 Å². The van der Waals surface area contributed by atoms with Crippen LogP contribution < -0.4 is 4.74 Å². The minimum Gasteiger partial charge on any atom is -0.491 e. The van der Waals surface area contributed by atoms with Gasteiger partial charge >= 0.3 is 0 Å². The van der Waals surface area contributed by atoms with Crippen LogP contribution in [0.5, 0.6) is 5.75 Å². The van der Waals surface area contributed by atoms with Gasteiger partial charge in [-0.1, -0.05) is 13.0 Å². The number of fused-ring (bicyclic) bond motifs is 1. The van der Waals surface area contributed by atoms with E-state index in [1.165, 1.54) is 5.56 Å². The number of aliphatic hydroxyl groups excluding tert-OH is 1. The average molecular weight is 250 g/mol. The van der Waals surface area contributed by atoms with Gasteiger partial charge in [0.1, 0.15) is 12.4 Å². The third kappa shape index (κ3) is 3.47. The molecule has 18 heavy (non-hydrogen) atoms. The van der Waals surface area contributed by atoms with Crippen molar-refractivity contribution in [2.24, 2.45) is 0 Å². The molecule has 0 radical (unpaired) electrons. The highest BCUT2D eigenvalue weighted by molar-refractivity contribution is 5.38. The summed E-state index contributed by atoms with van der Waals surface area (Å²) in [6.45, 7) is 4.06. The number of hydrogen-bond acceptors (Lipinski definition) is 3. The summed E-state index contributed by atoms with van der Waals surface area (Å²) in [4.78, 5) is 0. The van der Waals surface area contributed by atoms with Gasteiger partial charge in [0, 0.05) is 6.61 Å². The summed E-state index contributed by atoms with van der Waals surface area (Å²) >= 11 is 0. The molecule has 0 heterocycles. The van der Waals surface area contributed by atoms with Gasteiger partial charge < -0.3 is 14.6 Å². The maximum atomic E-state index is 9.95. The Kier molecular flexibility index (Phi) is 5.02.